The second kappa shape index (κ2) is 5.35. The van der Waals surface area contributed by atoms with Crippen molar-refractivity contribution >= 4 is 22.2 Å². The molecular formula is C9H7BrF3NO3. The number of alkyl halides is 4. The summed E-state index contributed by atoms with van der Waals surface area (Å²) in [5, 5.41) is 0.261. The van der Waals surface area contributed by atoms with Gasteiger partial charge in [-0.15, -0.1) is 13.2 Å². The molecule has 0 saturated carbocycles. The number of ether oxygens (including phenoxy) is 2. The molecule has 0 spiro atoms. The van der Waals surface area contributed by atoms with E-state index in [4.69, 9.17) is 4.74 Å². The van der Waals surface area contributed by atoms with E-state index in [1.165, 1.54) is 0 Å². The molecule has 0 atom stereocenters. The van der Waals surface area contributed by atoms with E-state index in [1.54, 1.807) is 0 Å². The van der Waals surface area contributed by atoms with Crippen molar-refractivity contribution in [3.8, 4) is 11.6 Å². The third-order valence-corrected chi connectivity index (χ3v) is 2.40. The van der Waals surface area contributed by atoms with E-state index in [9.17, 15) is 18.0 Å². The van der Waals surface area contributed by atoms with Crippen molar-refractivity contribution in [2.75, 3.05) is 7.11 Å². The van der Waals surface area contributed by atoms with E-state index >= 15 is 0 Å². The van der Waals surface area contributed by atoms with Crippen LogP contribution in [0, 0.1) is 0 Å². The van der Waals surface area contributed by atoms with Crippen LogP contribution in [0.3, 0.4) is 0 Å². The topological polar surface area (TPSA) is 48.4 Å². The van der Waals surface area contributed by atoms with Gasteiger partial charge in [-0.1, -0.05) is 15.9 Å². The Morgan fingerprint density at radius 3 is 2.59 bits per heavy atom. The Morgan fingerprint density at radius 2 is 2.18 bits per heavy atom. The molecule has 0 fully saturated rings. The van der Waals surface area contributed by atoms with E-state index in [0.29, 0.717) is 11.8 Å². The number of hydrogen-bond donors (Lipinski definition) is 0. The molecule has 17 heavy (non-hydrogen) atoms. The summed E-state index contributed by atoms with van der Waals surface area (Å²) in [6.45, 7) is 0. The van der Waals surface area contributed by atoms with Crippen molar-refractivity contribution in [3.63, 3.8) is 0 Å². The second-order valence-electron chi connectivity index (χ2n) is 2.83. The van der Waals surface area contributed by atoms with Gasteiger partial charge in [-0.05, 0) is 5.56 Å². The SMILES string of the molecule is COc1c(OC(F)(F)F)ncc(CBr)c1C=O. The molecule has 0 aliphatic rings. The van der Waals surface area contributed by atoms with Gasteiger partial charge in [0.2, 0.25) is 0 Å². The van der Waals surface area contributed by atoms with Gasteiger partial charge < -0.3 is 9.47 Å². The lowest BCUT2D eigenvalue weighted by atomic mass is 10.1. The maximum atomic E-state index is 12.1. The largest absolute Gasteiger partial charge is 0.574 e. The van der Waals surface area contributed by atoms with Crippen molar-refractivity contribution in [2.45, 2.75) is 11.7 Å². The Labute approximate surface area is 103 Å². The summed E-state index contributed by atoms with van der Waals surface area (Å²) in [5.74, 6) is -1.12. The molecule has 0 saturated heterocycles. The van der Waals surface area contributed by atoms with Crippen molar-refractivity contribution in [1.82, 2.24) is 4.98 Å². The van der Waals surface area contributed by atoms with E-state index in [-0.39, 0.29) is 16.6 Å². The summed E-state index contributed by atoms with van der Waals surface area (Å²) in [5.41, 5.74) is 0.380. The number of aromatic nitrogens is 1. The van der Waals surface area contributed by atoms with Gasteiger partial charge in [0.1, 0.15) is 0 Å². The number of methoxy groups -OCH3 is 1. The molecule has 0 aliphatic carbocycles. The standard InChI is InChI=1S/C9H7BrF3NO3/c1-16-7-6(4-15)5(2-10)3-14-8(7)17-9(11,12)13/h3-4H,2H2,1H3. The number of rotatable bonds is 4. The van der Waals surface area contributed by atoms with Crippen LogP contribution in [0.1, 0.15) is 15.9 Å². The Bertz CT molecular complexity index is 423. The van der Waals surface area contributed by atoms with Gasteiger partial charge in [-0.25, -0.2) is 4.98 Å². The quantitative estimate of drug-likeness (QED) is 0.633. The smallest absolute Gasteiger partial charge is 0.491 e. The van der Waals surface area contributed by atoms with Crippen molar-refractivity contribution in [1.29, 1.82) is 0 Å². The van der Waals surface area contributed by atoms with Gasteiger partial charge in [0.25, 0.3) is 5.88 Å². The van der Waals surface area contributed by atoms with Crippen LogP contribution >= 0.6 is 15.9 Å². The van der Waals surface area contributed by atoms with Gasteiger partial charge in [0.05, 0.1) is 12.7 Å². The van der Waals surface area contributed by atoms with E-state index in [1.807, 2.05) is 0 Å². The molecule has 0 amide bonds. The number of aldehydes is 1. The molecule has 0 radical (unpaired) electrons. The predicted molar refractivity (Wildman–Crippen MR) is 55.5 cm³/mol. The first-order valence-electron chi connectivity index (χ1n) is 4.25. The van der Waals surface area contributed by atoms with Crippen molar-refractivity contribution in [3.05, 3.63) is 17.3 Å². The number of carbonyl (C=O) groups is 1. The minimum absolute atomic E-state index is 0.0291. The number of halogens is 4. The lowest BCUT2D eigenvalue weighted by Gasteiger charge is -2.14. The number of hydrogen-bond acceptors (Lipinski definition) is 4. The maximum absolute atomic E-state index is 12.1. The Kier molecular flexibility index (Phi) is 4.33. The van der Waals surface area contributed by atoms with Crippen LogP contribution < -0.4 is 9.47 Å². The zero-order valence-corrected chi connectivity index (χ0v) is 10.1. The summed E-state index contributed by atoms with van der Waals surface area (Å²) in [6.07, 6.45) is -3.39. The third kappa shape index (κ3) is 3.32. The van der Waals surface area contributed by atoms with Gasteiger partial charge in [-0.3, -0.25) is 4.79 Å². The second-order valence-corrected chi connectivity index (χ2v) is 3.40. The minimum atomic E-state index is -4.89. The van der Waals surface area contributed by atoms with Crippen LogP contribution in [0.25, 0.3) is 0 Å². The molecule has 0 bridgehead atoms. The van der Waals surface area contributed by atoms with Crippen LogP contribution in [0.2, 0.25) is 0 Å². The van der Waals surface area contributed by atoms with Crippen LogP contribution in [0.5, 0.6) is 11.6 Å². The van der Waals surface area contributed by atoms with E-state index in [2.05, 4.69) is 25.7 Å². The molecule has 1 aromatic rings. The summed E-state index contributed by atoms with van der Waals surface area (Å²) < 4.78 is 44.6. The Balaban J connectivity index is 3.28. The monoisotopic (exact) mass is 313 g/mol. The van der Waals surface area contributed by atoms with Gasteiger partial charge in [0.15, 0.2) is 12.0 Å². The number of nitrogens with zero attached hydrogens (tertiary/aromatic N) is 1. The molecule has 1 heterocycles. The van der Waals surface area contributed by atoms with Gasteiger partial charge >= 0.3 is 6.36 Å². The molecule has 0 unspecified atom stereocenters. The van der Waals surface area contributed by atoms with Crippen LogP contribution in [-0.4, -0.2) is 24.7 Å². The fourth-order valence-corrected chi connectivity index (χ4v) is 1.59. The molecule has 4 nitrogen and oxygen atoms in total. The number of pyridine rings is 1. The van der Waals surface area contributed by atoms with E-state index < -0.39 is 12.2 Å². The lowest BCUT2D eigenvalue weighted by Crippen LogP contribution is -2.19. The third-order valence-electron chi connectivity index (χ3n) is 1.80. The van der Waals surface area contributed by atoms with Crippen LogP contribution in [0.4, 0.5) is 13.2 Å². The molecule has 1 aromatic heterocycles. The van der Waals surface area contributed by atoms with Crippen molar-refractivity contribution in [2.24, 2.45) is 0 Å². The predicted octanol–water partition coefficient (Wildman–Crippen LogP) is 2.70. The molecule has 1 rings (SSSR count). The zero-order chi connectivity index (χ0) is 13.1. The summed E-state index contributed by atoms with van der Waals surface area (Å²) in [4.78, 5) is 14.3. The highest BCUT2D eigenvalue weighted by atomic mass is 79.9. The van der Waals surface area contributed by atoms with Gasteiger partial charge in [-0.2, -0.15) is 0 Å². The summed E-state index contributed by atoms with van der Waals surface area (Å²) in [7, 11) is 1.13. The molecule has 94 valence electrons. The maximum Gasteiger partial charge on any atom is 0.574 e. The highest BCUT2D eigenvalue weighted by Gasteiger charge is 2.34. The van der Waals surface area contributed by atoms with Crippen molar-refractivity contribution < 1.29 is 27.4 Å². The summed E-state index contributed by atoms with van der Waals surface area (Å²) in [6, 6.07) is 0. The Morgan fingerprint density at radius 1 is 1.53 bits per heavy atom. The Hall–Kier alpha value is -1.31. The average Bonchev–Trinajstić information content (AvgIpc) is 2.26. The first-order chi connectivity index (χ1) is 7.92. The van der Waals surface area contributed by atoms with Crippen LogP contribution in [-0.2, 0) is 5.33 Å². The first-order valence-corrected chi connectivity index (χ1v) is 5.37. The molecular weight excluding hydrogens is 307 g/mol. The molecule has 8 heteroatoms. The molecule has 0 aromatic carbocycles. The summed E-state index contributed by atoms with van der Waals surface area (Å²) >= 11 is 3.08. The number of carbonyl (C=O) groups excluding carboxylic acids is 1. The molecule has 0 aliphatic heterocycles. The van der Waals surface area contributed by atoms with Gasteiger partial charge in [0, 0.05) is 11.5 Å². The highest BCUT2D eigenvalue weighted by Crippen LogP contribution is 2.34. The minimum Gasteiger partial charge on any atom is -0.491 e. The lowest BCUT2D eigenvalue weighted by molar-refractivity contribution is -0.276. The first kappa shape index (κ1) is 13.8. The molecule has 0 N–H and O–H groups in total. The van der Waals surface area contributed by atoms with Crippen LogP contribution in [0.15, 0.2) is 6.20 Å². The fourth-order valence-electron chi connectivity index (χ4n) is 1.14. The average molecular weight is 314 g/mol. The highest BCUT2D eigenvalue weighted by molar-refractivity contribution is 9.08. The fraction of sp³-hybridized carbons (Fsp3) is 0.333. The normalized spacial score (nSPS) is 11.1. The van der Waals surface area contributed by atoms with E-state index in [0.717, 1.165) is 13.3 Å². The zero-order valence-electron chi connectivity index (χ0n) is 8.55.